The largest absolute Gasteiger partial charge is 0.490 e. The summed E-state index contributed by atoms with van der Waals surface area (Å²) in [5, 5.41) is 17.8. The molecule has 0 spiro atoms. The first-order valence-corrected chi connectivity index (χ1v) is 5.14. The van der Waals surface area contributed by atoms with Crippen molar-refractivity contribution < 1.29 is 9.66 Å². The molecule has 0 bridgehead atoms. The van der Waals surface area contributed by atoms with Crippen LogP contribution < -0.4 is 10.5 Å². The Kier molecular flexibility index (Phi) is 4.03. The first-order valence-electron chi connectivity index (χ1n) is 5.14. The van der Waals surface area contributed by atoms with Crippen LogP contribution in [0.5, 0.6) is 5.75 Å². The van der Waals surface area contributed by atoms with Gasteiger partial charge in [0.15, 0.2) is 0 Å². The molecule has 17 heavy (non-hydrogen) atoms. The lowest BCUT2D eigenvalue weighted by Gasteiger charge is -2.15. The van der Waals surface area contributed by atoms with E-state index in [9.17, 15) is 10.1 Å². The molecule has 1 unspecified atom stereocenters. The van der Waals surface area contributed by atoms with Crippen LogP contribution in [0.3, 0.4) is 0 Å². The SMILES string of the molecule is Cc1ccc([N+](=O)[O-])cc1OC(C)CC(=N)N. The summed E-state index contributed by atoms with van der Waals surface area (Å²) >= 11 is 0. The van der Waals surface area contributed by atoms with Crippen LogP contribution in [0, 0.1) is 22.4 Å². The van der Waals surface area contributed by atoms with Gasteiger partial charge in [-0.25, -0.2) is 0 Å². The average Bonchev–Trinajstić information content (AvgIpc) is 2.19. The van der Waals surface area contributed by atoms with Crippen LogP contribution in [-0.4, -0.2) is 16.9 Å². The Bertz CT molecular complexity index is 446. The number of amidine groups is 1. The second-order valence-corrected chi connectivity index (χ2v) is 3.86. The van der Waals surface area contributed by atoms with Crippen LogP contribution in [0.15, 0.2) is 18.2 Å². The first-order chi connectivity index (χ1) is 7.90. The number of rotatable bonds is 5. The molecule has 3 N–H and O–H groups in total. The van der Waals surface area contributed by atoms with Crippen LogP contribution in [0.1, 0.15) is 18.9 Å². The van der Waals surface area contributed by atoms with E-state index in [0.717, 1.165) is 5.56 Å². The van der Waals surface area contributed by atoms with Gasteiger partial charge in [0.05, 0.1) is 16.8 Å². The van der Waals surface area contributed by atoms with Crippen molar-refractivity contribution >= 4 is 11.5 Å². The predicted octanol–water partition coefficient (Wildman–Crippen LogP) is 2.00. The summed E-state index contributed by atoms with van der Waals surface area (Å²) in [6.45, 7) is 3.57. The number of ether oxygens (including phenoxy) is 1. The average molecular weight is 237 g/mol. The number of nitrogens with one attached hydrogen (secondary N) is 1. The molecule has 92 valence electrons. The highest BCUT2D eigenvalue weighted by molar-refractivity contribution is 5.77. The van der Waals surface area contributed by atoms with Gasteiger partial charge in [0, 0.05) is 12.5 Å². The molecule has 0 aliphatic rings. The topological polar surface area (TPSA) is 102 Å². The van der Waals surface area contributed by atoms with Crippen molar-refractivity contribution in [3.63, 3.8) is 0 Å². The number of nitrogens with two attached hydrogens (primary N) is 1. The van der Waals surface area contributed by atoms with E-state index in [-0.39, 0.29) is 17.6 Å². The van der Waals surface area contributed by atoms with Gasteiger partial charge in [-0.2, -0.15) is 0 Å². The van der Waals surface area contributed by atoms with Gasteiger partial charge in [-0.3, -0.25) is 15.5 Å². The predicted molar refractivity (Wildman–Crippen MR) is 64.5 cm³/mol. The molecule has 0 aliphatic heterocycles. The molecule has 1 atom stereocenters. The summed E-state index contributed by atoms with van der Waals surface area (Å²) < 4.78 is 5.52. The van der Waals surface area contributed by atoms with Crippen LogP contribution >= 0.6 is 0 Å². The molecule has 0 heterocycles. The van der Waals surface area contributed by atoms with Crippen LogP contribution in [0.25, 0.3) is 0 Å². The summed E-state index contributed by atoms with van der Waals surface area (Å²) in [4.78, 5) is 10.2. The summed E-state index contributed by atoms with van der Waals surface area (Å²) in [5.41, 5.74) is 6.06. The fourth-order valence-electron chi connectivity index (χ4n) is 1.40. The van der Waals surface area contributed by atoms with E-state index in [1.165, 1.54) is 12.1 Å². The molecule has 1 aromatic carbocycles. The molecule has 1 rings (SSSR count). The van der Waals surface area contributed by atoms with Gasteiger partial charge < -0.3 is 10.5 Å². The Labute approximate surface area is 99.0 Å². The molecule has 1 aromatic rings. The molecule has 0 aromatic heterocycles. The van der Waals surface area contributed by atoms with Gasteiger partial charge in [0.1, 0.15) is 11.9 Å². The third kappa shape index (κ3) is 3.75. The van der Waals surface area contributed by atoms with Gasteiger partial charge >= 0.3 is 0 Å². The van der Waals surface area contributed by atoms with Gasteiger partial charge in [-0.1, -0.05) is 0 Å². The fourth-order valence-corrected chi connectivity index (χ4v) is 1.40. The molecular formula is C11H15N3O3. The smallest absolute Gasteiger partial charge is 0.273 e. The highest BCUT2D eigenvalue weighted by Crippen LogP contribution is 2.25. The molecule has 6 nitrogen and oxygen atoms in total. The molecule has 0 amide bonds. The number of hydrogen-bond donors (Lipinski definition) is 2. The zero-order valence-corrected chi connectivity index (χ0v) is 9.77. The van der Waals surface area contributed by atoms with E-state index in [2.05, 4.69) is 0 Å². The lowest BCUT2D eigenvalue weighted by molar-refractivity contribution is -0.385. The minimum Gasteiger partial charge on any atom is -0.490 e. The van der Waals surface area contributed by atoms with E-state index < -0.39 is 4.92 Å². The molecular weight excluding hydrogens is 222 g/mol. The van der Waals surface area contributed by atoms with E-state index in [1.54, 1.807) is 19.9 Å². The Morgan fingerprint density at radius 1 is 1.65 bits per heavy atom. The quantitative estimate of drug-likeness (QED) is 0.354. The second kappa shape index (κ2) is 5.29. The van der Waals surface area contributed by atoms with Crippen LogP contribution in [0.4, 0.5) is 5.69 Å². The zero-order valence-electron chi connectivity index (χ0n) is 9.77. The lowest BCUT2D eigenvalue weighted by atomic mass is 10.2. The van der Waals surface area contributed by atoms with Crippen molar-refractivity contribution in [3.8, 4) is 5.75 Å². The monoisotopic (exact) mass is 237 g/mol. The van der Waals surface area contributed by atoms with Crippen molar-refractivity contribution in [1.82, 2.24) is 0 Å². The summed E-state index contributed by atoms with van der Waals surface area (Å²) in [6.07, 6.45) is 0.00971. The maximum Gasteiger partial charge on any atom is 0.273 e. The third-order valence-electron chi connectivity index (χ3n) is 2.22. The van der Waals surface area contributed by atoms with E-state index in [1.807, 2.05) is 0 Å². The van der Waals surface area contributed by atoms with Crippen molar-refractivity contribution in [3.05, 3.63) is 33.9 Å². The van der Waals surface area contributed by atoms with Crippen molar-refractivity contribution in [2.75, 3.05) is 0 Å². The third-order valence-corrected chi connectivity index (χ3v) is 2.22. The Morgan fingerprint density at radius 3 is 2.82 bits per heavy atom. The minimum absolute atomic E-state index is 0.0133. The number of benzene rings is 1. The van der Waals surface area contributed by atoms with Gasteiger partial charge in [-0.15, -0.1) is 0 Å². The molecule has 6 heteroatoms. The number of nitro groups is 1. The molecule has 0 aliphatic carbocycles. The number of aryl methyl sites for hydroxylation is 1. The van der Waals surface area contributed by atoms with Crippen molar-refractivity contribution in [1.29, 1.82) is 5.41 Å². The number of non-ortho nitro benzene ring substituents is 1. The zero-order chi connectivity index (χ0) is 13.0. The Hall–Kier alpha value is -2.11. The summed E-state index contributed by atoms with van der Waals surface area (Å²) in [5.74, 6) is 0.480. The van der Waals surface area contributed by atoms with Gasteiger partial charge in [-0.05, 0) is 25.5 Å². The number of hydrogen-bond acceptors (Lipinski definition) is 4. The minimum atomic E-state index is -0.470. The maximum atomic E-state index is 10.6. The van der Waals surface area contributed by atoms with E-state index in [4.69, 9.17) is 15.9 Å². The maximum absolute atomic E-state index is 10.6. The molecule has 0 radical (unpaired) electrons. The molecule has 0 saturated heterocycles. The Balaban J connectivity index is 2.86. The van der Waals surface area contributed by atoms with Crippen LogP contribution in [0.2, 0.25) is 0 Å². The number of nitrogens with zero attached hydrogens (tertiary/aromatic N) is 1. The normalized spacial score (nSPS) is 11.9. The Morgan fingerprint density at radius 2 is 2.29 bits per heavy atom. The summed E-state index contributed by atoms with van der Waals surface area (Å²) in [7, 11) is 0. The van der Waals surface area contributed by atoms with E-state index in [0.29, 0.717) is 12.2 Å². The van der Waals surface area contributed by atoms with Crippen molar-refractivity contribution in [2.45, 2.75) is 26.4 Å². The molecule has 0 saturated carbocycles. The fraction of sp³-hybridized carbons (Fsp3) is 0.364. The number of nitro benzene ring substituents is 1. The second-order valence-electron chi connectivity index (χ2n) is 3.86. The van der Waals surface area contributed by atoms with Crippen LogP contribution in [-0.2, 0) is 0 Å². The summed E-state index contributed by atoms with van der Waals surface area (Å²) in [6, 6.07) is 4.44. The first kappa shape index (κ1) is 13.0. The highest BCUT2D eigenvalue weighted by Gasteiger charge is 2.12. The van der Waals surface area contributed by atoms with Crippen molar-refractivity contribution in [2.24, 2.45) is 5.73 Å². The van der Waals surface area contributed by atoms with Gasteiger partial charge in [0.2, 0.25) is 0 Å². The van der Waals surface area contributed by atoms with Gasteiger partial charge in [0.25, 0.3) is 5.69 Å². The lowest BCUT2D eigenvalue weighted by Crippen LogP contribution is -2.22. The van der Waals surface area contributed by atoms with E-state index >= 15 is 0 Å². The highest BCUT2D eigenvalue weighted by atomic mass is 16.6. The molecule has 0 fully saturated rings. The standard InChI is InChI=1S/C11H15N3O3/c1-7-3-4-9(14(15)16)6-10(7)17-8(2)5-11(12)13/h3-4,6,8H,5H2,1-2H3,(H3,12,13).